The molecule has 0 fully saturated rings. The number of benzene rings is 10. The average Bonchev–Trinajstić information content (AvgIpc) is 0.814. The lowest BCUT2D eigenvalue weighted by Gasteiger charge is -2.20. The van der Waals surface area contributed by atoms with E-state index in [9.17, 15) is 29.1 Å². The number of carbonyl (C=O) groups is 5. The van der Waals surface area contributed by atoms with Gasteiger partial charge in [-0.15, -0.1) is 12.4 Å². The predicted molar refractivity (Wildman–Crippen MR) is 466 cm³/mol. The van der Waals surface area contributed by atoms with Crippen molar-refractivity contribution < 1.29 is 87.4 Å². The van der Waals surface area contributed by atoms with Crippen LogP contribution in [0.1, 0.15) is 126 Å². The van der Waals surface area contributed by atoms with Crippen LogP contribution in [-0.2, 0) is 59.9 Å². The van der Waals surface area contributed by atoms with Gasteiger partial charge in [0.05, 0.1) is 89.7 Å². The minimum atomic E-state index is -0.808. The average molecular weight is 1640 g/mol. The molecule has 2 heterocycles. The number of carbonyl (C=O) groups excluding carboxylic acids is 3. The van der Waals surface area contributed by atoms with E-state index in [1.54, 1.807) is 90.2 Å². The predicted octanol–water partition coefficient (Wildman–Crippen LogP) is 17.4. The number of fused-ring (bicyclic) bond motifs is 5. The maximum Gasteiger partial charge on any atom is 0.318 e. The molecule has 10 aromatic carbocycles. The van der Waals surface area contributed by atoms with Crippen LogP contribution in [0.4, 0.5) is 0 Å². The first kappa shape index (κ1) is 96.1. The fourth-order valence-electron chi connectivity index (χ4n) is 11.7. The van der Waals surface area contributed by atoms with E-state index in [0.717, 1.165) is 110 Å². The van der Waals surface area contributed by atoms with E-state index in [-0.39, 0.29) is 118 Å². The van der Waals surface area contributed by atoms with Gasteiger partial charge in [0.15, 0.2) is 5.75 Å². The smallest absolute Gasteiger partial charge is 0.318 e. The Kier molecular flexibility index (Phi) is 38.5. The lowest BCUT2D eigenvalue weighted by molar-refractivity contribution is -0.148. The number of aliphatic hydroxyl groups is 2. The summed E-state index contributed by atoms with van der Waals surface area (Å²) in [5.74, 6) is -2.01. The van der Waals surface area contributed by atoms with Gasteiger partial charge >= 0.3 is 29.8 Å². The van der Waals surface area contributed by atoms with Crippen LogP contribution in [0.2, 0.25) is 0 Å². The molecule has 5 atom stereocenters. The normalized spacial score (nSPS) is 11.7. The largest absolute Gasteiger partial charge is 0.506 e. The first-order valence-electron chi connectivity index (χ1n) is 34.1. The zero-order valence-electron chi connectivity index (χ0n) is 64.0. The third-order valence-electron chi connectivity index (χ3n) is 18.8. The minimum Gasteiger partial charge on any atom is -0.506 e. The molecular formula is C86H97ClN2O18S5. The van der Waals surface area contributed by atoms with Gasteiger partial charge in [-0.05, 0) is 191 Å². The van der Waals surface area contributed by atoms with Crippen molar-refractivity contribution in [3.05, 3.63) is 256 Å². The van der Waals surface area contributed by atoms with E-state index in [0.29, 0.717) is 33.6 Å². The number of nitrogens with zero attached hydrogens (tertiary/aromatic N) is 2. The molecule has 0 saturated carbocycles. The van der Waals surface area contributed by atoms with Crippen molar-refractivity contribution in [2.45, 2.75) is 104 Å². The number of ether oxygens (including phenoxy) is 8. The first-order chi connectivity index (χ1) is 50.9. The molecule has 0 aliphatic carbocycles. The molecule has 0 bridgehead atoms. The summed E-state index contributed by atoms with van der Waals surface area (Å²) in [6.45, 7) is 11.1. The number of hydrogen-bond acceptors (Lipinski definition) is 18. The van der Waals surface area contributed by atoms with Gasteiger partial charge in [-0.3, -0.25) is 33.9 Å². The standard InChI is InChI=1S/C50H47NO9.2C14H14O3.C8H11NO3.ClH.5H2S/c1-29(33-8-11-39-23-43(55-5)17-14-36(39)20-33)48(52)58-27-42-26-51-32(4)47(60-50(54)31(3)35-10-13-41-25-45(57-7)19-16-38(41)22-35)46(42)28-59-49(53)30(2)34-9-12-40-24-44(56-6)18-15-37(40)21-34;2*1-9(14(15)16)10-3-4-12-8-13(17-2)6-5-11(12)7-10;1-5-8(12)7(4-11)6(3-10)2-9-5;;;;;;/h8-26,29-31H,27-28H2,1-7H3;2*3-9H,1-2H3,(H,15,16);2,10-12H,3-4H2,1H3;1H;5*1H2/t29-,30-,31-;2*9-;;;;;;;/m000......./s1. The second kappa shape index (κ2) is 44.8. The second-order valence-electron chi connectivity index (χ2n) is 25.5. The number of aliphatic carboxylic acids is 2. The van der Waals surface area contributed by atoms with E-state index in [1.165, 1.54) is 6.20 Å². The van der Waals surface area contributed by atoms with Crippen molar-refractivity contribution in [3.8, 4) is 40.2 Å². The van der Waals surface area contributed by atoms with Crippen molar-refractivity contribution in [2.24, 2.45) is 0 Å². The van der Waals surface area contributed by atoms with E-state index < -0.39 is 59.4 Å². The number of pyridine rings is 2. The Morgan fingerprint density at radius 1 is 0.348 bits per heavy atom. The summed E-state index contributed by atoms with van der Waals surface area (Å²) in [5.41, 5.74) is 6.42. The Labute approximate surface area is 692 Å². The van der Waals surface area contributed by atoms with E-state index in [4.69, 9.17) is 58.3 Å². The molecule has 0 aliphatic heterocycles. The number of aryl methyl sites for hydroxylation is 2. The summed E-state index contributed by atoms with van der Waals surface area (Å²) in [7, 11) is 8.11. The zero-order chi connectivity index (χ0) is 76.5. The molecule has 12 rings (SSSR count). The number of esters is 3. The van der Waals surface area contributed by atoms with Crippen molar-refractivity contribution in [3.63, 3.8) is 0 Å². The third kappa shape index (κ3) is 24.0. The summed E-state index contributed by atoms with van der Waals surface area (Å²) in [5, 5.41) is 54.9. The maximum absolute atomic E-state index is 13.9. The van der Waals surface area contributed by atoms with Crippen LogP contribution in [-0.4, -0.2) is 101 Å². The van der Waals surface area contributed by atoms with Gasteiger partial charge in [0.2, 0.25) is 0 Å². The number of carboxylic acid groups (broad SMARTS) is 2. The topological polar surface area (TPSA) is 286 Å². The van der Waals surface area contributed by atoms with Crippen LogP contribution in [0, 0.1) is 13.8 Å². The number of halogens is 1. The molecule has 12 aromatic rings. The Morgan fingerprint density at radius 2 is 0.616 bits per heavy atom. The van der Waals surface area contributed by atoms with Crippen LogP contribution < -0.4 is 28.4 Å². The number of carboxylic acids is 2. The highest BCUT2D eigenvalue weighted by Crippen LogP contribution is 2.35. The SMILES string of the molecule is COc1ccc2cc([C@H](C)C(=O)O)ccc2c1.COc1ccc2cc([C@H](C)C(=O)O)ccc2c1.COc1ccc2cc([C@H](C)C(=O)OCc3cnc(C)c(OC(=O)[C@@H](C)c4ccc5cc(OC)ccc5c4)c3COC(=O)[C@@H](C)c3ccc4cc(OC)ccc4c3)ccc2c1.Cc1ncc(CO)c(CO)c1O.Cl.S.S.S.S.S. The Hall–Kier alpha value is -10.1. The van der Waals surface area contributed by atoms with Gasteiger partial charge in [-0.2, -0.15) is 67.5 Å². The second-order valence-corrected chi connectivity index (χ2v) is 25.5. The highest BCUT2D eigenvalue weighted by atomic mass is 35.5. The number of aliphatic hydroxyl groups excluding tert-OH is 2. The fraction of sp³-hybridized carbons (Fsp3) is 0.244. The quantitative estimate of drug-likeness (QED) is 0.0394. The van der Waals surface area contributed by atoms with Gasteiger partial charge in [-0.1, -0.05) is 121 Å². The molecular weight excluding hydrogens is 1540 g/mol. The molecule has 2 aromatic heterocycles. The molecule has 0 amide bonds. The van der Waals surface area contributed by atoms with Crippen LogP contribution in [0.15, 0.2) is 194 Å². The summed E-state index contributed by atoms with van der Waals surface area (Å²) in [4.78, 5) is 71.4. The Morgan fingerprint density at radius 3 is 0.911 bits per heavy atom. The van der Waals surface area contributed by atoms with Gasteiger partial charge in [0.25, 0.3) is 0 Å². The minimum absolute atomic E-state index is 0. The van der Waals surface area contributed by atoms with Gasteiger partial charge < -0.3 is 63.4 Å². The number of hydrogen-bond donors (Lipinski definition) is 5. The van der Waals surface area contributed by atoms with Crippen LogP contribution in [0.3, 0.4) is 0 Å². The molecule has 112 heavy (non-hydrogen) atoms. The molecule has 5 N–H and O–H groups in total. The lowest BCUT2D eigenvalue weighted by Crippen LogP contribution is -2.20. The van der Waals surface area contributed by atoms with Gasteiger partial charge in [-0.25, -0.2) is 0 Å². The molecule has 0 aliphatic rings. The summed E-state index contributed by atoms with van der Waals surface area (Å²) < 4.78 is 44.4. The number of aromatic hydroxyl groups is 1. The maximum atomic E-state index is 13.9. The first-order valence-corrected chi connectivity index (χ1v) is 34.1. The summed E-state index contributed by atoms with van der Waals surface area (Å²) in [6.07, 6.45) is 3.00. The van der Waals surface area contributed by atoms with Crippen molar-refractivity contribution in [1.29, 1.82) is 0 Å². The van der Waals surface area contributed by atoms with Crippen LogP contribution >= 0.6 is 79.9 Å². The molecule has 0 spiro atoms. The number of aromatic nitrogens is 2. The zero-order valence-corrected chi connectivity index (χ0v) is 69.9. The monoisotopic (exact) mass is 1640 g/mol. The van der Waals surface area contributed by atoms with E-state index in [2.05, 4.69) is 9.97 Å². The van der Waals surface area contributed by atoms with Gasteiger partial charge in [0.1, 0.15) is 47.7 Å². The van der Waals surface area contributed by atoms with E-state index in [1.807, 2.05) is 182 Å². The van der Waals surface area contributed by atoms with Crippen molar-refractivity contribution >= 4 is 164 Å². The van der Waals surface area contributed by atoms with Crippen LogP contribution in [0.5, 0.6) is 40.2 Å². The van der Waals surface area contributed by atoms with Crippen molar-refractivity contribution in [1.82, 2.24) is 9.97 Å². The Balaban J connectivity index is 0.000000504. The molecule has 26 heteroatoms. The Bertz CT molecular complexity index is 5120. The molecule has 20 nitrogen and oxygen atoms in total. The third-order valence-corrected chi connectivity index (χ3v) is 18.8. The summed E-state index contributed by atoms with van der Waals surface area (Å²) in [6, 6.07) is 57.4. The lowest BCUT2D eigenvalue weighted by atomic mass is 9.97. The van der Waals surface area contributed by atoms with Crippen LogP contribution in [0.25, 0.3) is 53.9 Å². The number of methoxy groups -OCH3 is 5. The number of rotatable bonds is 22. The molecule has 0 radical (unpaired) electrons. The molecule has 596 valence electrons. The fourth-order valence-corrected chi connectivity index (χ4v) is 11.7. The van der Waals surface area contributed by atoms with E-state index >= 15 is 0 Å². The van der Waals surface area contributed by atoms with Gasteiger partial charge in [0, 0.05) is 34.6 Å². The molecule has 0 saturated heterocycles. The van der Waals surface area contributed by atoms with Crippen molar-refractivity contribution in [2.75, 3.05) is 35.5 Å². The molecule has 0 unspecified atom stereocenters. The summed E-state index contributed by atoms with van der Waals surface area (Å²) >= 11 is 0. The highest BCUT2D eigenvalue weighted by Gasteiger charge is 2.27. The highest BCUT2D eigenvalue weighted by molar-refractivity contribution is 7.60.